The number of hydrogen-bond acceptors (Lipinski definition) is 4. The molecule has 0 radical (unpaired) electrons. The van der Waals surface area contributed by atoms with E-state index in [1.165, 1.54) is 5.56 Å². The summed E-state index contributed by atoms with van der Waals surface area (Å²) in [4.78, 5) is 22.8. The van der Waals surface area contributed by atoms with E-state index in [-0.39, 0.29) is 17.9 Å². The zero-order valence-corrected chi connectivity index (χ0v) is 12.5. The van der Waals surface area contributed by atoms with E-state index in [4.69, 9.17) is 4.74 Å². The monoisotopic (exact) mass is 338 g/mol. The molecule has 2 N–H and O–H groups in total. The van der Waals surface area contributed by atoms with Crippen LogP contribution in [0, 0.1) is 0 Å². The fourth-order valence-corrected chi connectivity index (χ4v) is 3.15. The molecule has 0 spiro atoms. The molecule has 3 rings (SSSR count). The average Bonchev–Trinajstić information content (AvgIpc) is 2.85. The molecule has 0 aliphatic carbocycles. The summed E-state index contributed by atoms with van der Waals surface area (Å²) in [6, 6.07) is 3.75. The molecule has 1 aromatic rings. The maximum atomic E-state index is 11.7. The Balaban J connectivity index is 1.70. The summed E-state index contributed by atoms with van der Waals surface area (Å²) in [6.45, 7) is 1.26. The summed E-state index contributed by atoms with van der Waals surface area (Å²) < 4.78 is 6.67. The molecule has 2 heterocycles. The lowest BCUT2D eigenvalue weighted by Crippen LogP contribution is -2.50. The summed E-state index contributed by atoms with van der Waals surface area (Å²) in [5, 5.41) is 5.55. The third-order valence-corrected chi connectivity index (χ3v) is 4.06. The van der Waals surface area contributed by atoms with Crippen molar-refractivity contribution in [3.63, 3.8) is 0 Å². The van der Waals surface area contributed by atoms with Crippen LogP contribution >= 0.6 is 15.9 Å². The van der Waals surface area contributed by atoms with Crippen molar-refractivity contribution in [1.82, 2.24) is 10.6 Å². The van der Waals surface area contributed by atoms with Crippen molar-refractivity contribution in [2.24, 2.45) is 0 Å². The van der Waals surface area contributed by atoms with Crippen molar-refractivity contribution >= 4 is 27.7 Å². The molecule has 0 saturated carbocycles. The van der Waals surface area contributed by atoms with Gasteiger partial charge >= 0.3 is 0 Å². The maximum Gasteiger partial charge on any atom is 0.243 e. The average molecular weight is 339 g/mol. The molecule has 0 aromatic heterocycles. The van der Waals surface area contributed by atoms with E-state index in [0.717, 1.165) is 22.2 Å². The first kappa shape index (κ1) is 13.6. The van der Waals surface area contributed by atoms with Crippen LogP contribution in [0.2, 0.25) is 0 Å². The molecule has 1 saturated heterocycles. The summed E-state index contributed by atoms with van der Waals surface area (Å²) >= 11 is 3.49. The first-order chi connectivity index (χ1) is 9.63. The van der Waals surface area contributed by atoms with Crippen LogP contribution in [0.5, 0.6) is 5.75 Å². The number of carbonyl (C=O) groups is 2. The minimum Gasteiger partial charge on any atom is -0.493 e. The van der Waals surface area contributed by atoms with Gasteiger partial charge in [-0.05, 0) is 24.1 Å². The third kappa shape index (κ3) is 2.71. The van der Waals surface area contributed by atoms with Gasteiger partial charge in [0.2, 0.25) is 11.8 Å². The molecule has 2 aliphatic rings. The van der Waals surface area contributed by atoms with Crippen LogP contribution < -0.4 is 15.4 Å². The van der Waals surface area contributed by atoms with Crippen molar-refractivity contribution in [1.29, 1.82) is 0 Å². The molecule has 1 aromatic carbocycles. The number of rotatable bonds is 3. The van der Waals surface area contributed by atoms with Crippen molar-refractivity contribution in [3.05, 3.63) is 27.7 Å². The second-order valence-electron chi connectivity index (χ2n) is 5.04. The smallest absolute Gasteiger partial charge is 0.243 e. The van der Waals surface area contributed by atoms with Gasteiger partial charge in [-0.25, -0.2) is 0 Å². The Hall–Kier alpha value is -1.40. The number of benzene rings is 1. The van der Waals surface area contributed by atoms with Gasteiger partial charge in [-0.3, -0.25) is 14.9 Å². The Morgan fingerprint density at radius 2 is 2.20 bits per heavy atom. The molecule has 1 unspecified atom stereocenters. The number of piperidine rings is 1. The lowest BCUT2D eigenvalue weighted by atomic mass is 10.0. The molecule has 20 heavy (non-hydrogen) atoms. The number of nitrogens with one attached hydrogen (secondary N) is 2. The third-order valence-electron chi connectivity index (χ3n) is 3.60. The van der Waals surface area contributed by atoms with Gasteiger partial charge in [-0.1, -0.05) is 15.9 Å². The van der Waals surface area contributed by atoms with Crippen molar-refractivity contribution in [3.8, 4) is 5.75 Å². The molecule has 106 valence electrons. The van der Waals surface area contributed by atoms with Gasteiger partial charge < -0.3 is 10.1 Å². The van der Waals surface area contributed by atoms with Gasteiger partial charge in [-0.2, -0.15) is 0 Å². The molecule has 5 nitrogen and oxygen atoms in total. The zero-order chi connectivity index (χ0) is 14.1. The number of carbonyl (C=O) groups excluding carboxylic acids is 2. The Bertz CT molecular complexity index is 574. The van der Waals surface area contributed by atoms with E-state index in [9.17, 15) is 9.59 Å². The van der Waals surface area contributed by atoms with Crippen LogP contribution in [0.25, 0.3) is 0 Å². The number of halogens is 1. The Labute approximate surface area is 125 Å². The summed E-state index contributed by atoms with van der Waals surface area (Å²) in [7, 11) is 0. The standard InChI is InChI=1S/C14H15BrN2O3/c15-10-5-8-3-4-20-13(8)9(6-10)7-16-11-1-2-12(18)17-14(11)19/h5-6,11,16H,1-4,7H2,(H,17,18,19). The molecule has 2 amide bonds. The number of hydrogen-bond donors (Lipinski definition) is 2. The number of ether oxygens (including phenoxy) is 1. The topological polar surface area (TPSA) is 67.4 Å². The predicted octanol–water partition coefficient (Wildman–Crippen LogP) is 1.28. The highest BCUT2D eigenvalue weighted by atomic mass is 79.9. The number of fused-ring (bicyclic) bond motifs is 1. The summed E-state index contributed by atoms with van der Waals surface area (Å²) in [5.41, 5.74) is 2.23. The Morgan fingerprint density at radius 1 is 1.35 bits per heavy atom. The molecule has 1 atom stereocenters. The Kier molecular flexibility index (Phi) is 3.76. The molecule has 0 bridgehead atoms. The van der Waals surface area contributed by atoms with Crippen molar-refractivity contribution in [2.45, 2.75) is 31.8 Å². The number of imide groups is 1. The first-order valence-electron chi connectivity index (χ1n) is 6.64. The van der Waals surface area contributed by atoms with Crippen LogP contribution in [0.1, 0.15) is 24.0 Å². The van der Waals surface area contributed by atoms with E-state index < -0.39 is 0 Å². The predicted molar refractivity (Wildman–Crippen MR) is 76.4 cm³/mol. The van der Waals surface area contributed by atoms with Crippen molar-refractivity contribution in [2.75, 3.05) is 6.61 Å². The molecular formula is C14H15BrN2O3. The van der Waals surface area contributed by atoms with Gasteiger partial charge in [-0.15, -0.1) is 0 Å². The SMILES string of the molecule is O=C1CCC(NCc2cc(Br)cc3c2OCC3)C(=O)N1. The summed E-state index contributed by atoms with van der Waals surface area (Å²) in [6.07, 6.45) is 1.85. The Morgan fingerprint density at radius 3 is 3.00 bits per heavy atom. The second-order valence-corrected chi connectivity index (χ2v) is 5.95. The van der Waals surface area contributed by atoms with Crippen LogP contribution in [0.3, 0.4) is 0 Å². The molecule has 2 aliphatic heterocycles. The number of amides is 2. The van der Waals surface area contributed by atoms with E-state index in [1.807, 2.05) is 6.07 Å². The highest BCUT2D eigenvalue weighted by Crippen LogP contribution is 2.33. The second kappa shape index (κ2) is 5.54. The minimum atomic E-state index is -0.316. The molecular weight excluding hydrogens is 324 g/mol. The van der Waals surface area contributed by atoms with Gasteiger partial charge in [0.05, 0.1) is 12.6 Å². The van der Waals surface area contributed by atoms with E-state index in [0.29, 0.717) is 26.0 Å². The lowest BCUT2D eigenvalue weighted by molar-refractivity contribution is -0.134. The summed E-state index contributed by atoms with van der Waals surface area (Å²) in [5.74, 6) is 0.488. The largest absolute Gasteiger partial charge is 0.493 e. The van der Waals surface area contributed by atoms with Crippen LogP contribution in [0.15, 0.2) is 16.6 Å². The van der Waals surface area contributed by atoms with E-state index >= 15 is 0 Å². The van der Waals surface area contributed by atoms with E-state index in [1.54, 1.807) is 0 Å². The maximum absolute atomic E-state index is 11.7. The zero-order valence-electron chi connectivity index (χ0n) is 10.9. The first-order valence-corrected chi connectivity index (χ1v) is 7.44. The van der Waals surface area contributed by atoms with Crippen LogP contribution in [-0.4, -0.2) is 24.5 Å². The quantitative estimate of drug-likeness (QED) is 0.814. The van der Waals surface area contributed by atoms with Crippen molar-refractivity contribution < 1.29 is 14.3 Å². The fourth-order valence-electron chi connectivity index (χ4n) is 2.60. The highest BCUT2D eigenvalue weighted by molar-refractivity contribution is 9.10. The minimum absolute atomic E-state index is 0.195. The van der Waals surface area contributed by atoms with E-state index in [2.05, 4.69) is 32.6 Å². The van der Waals surface area contributed by atoms with Gasteiger partial charge in [0.1, 0.15) is 5.75 Å². The molecule has 1 fully saturated rings. The fraction of sp³-hybridized carbons (Fsp3) is 0.429. The van der Waals surface area contributed by atoms with Gasteiger partial charge in [0, 0.05) is 29.4 Å². The molecule has 6 heteroatoms. The lowest BCUT2D eigenvalue weighted by Gasteiger charge is -2.22. The highest BCUT2D eigenvalue weighted by Gasteiger charge is 2.26. The normalized spacial score (nSPS) is 21.4. The van der Waals surface area contributed by atoms with Gasteiger partial charge in [0.15, 0.2) is 0 Å². The van der Waals surface area contributed by atoms with Crippen LogP contribution in [-0.2, 0) is 22.6 Å². The van der Waals surface area contributed by atoms with Crippen LogP contribution in [0.4, 0.5) is 0 Å². The van der Waals surface area contributed by atoms with Gasteiger partial charge in [0.25, 0.3) is 0 Å².